The molecule has 1 aliphatic heterocycles. The molecule has 0 atom stereocenters. The van der Waals surface area contributed by atoms with E-state index in [1.807, 2.05) is 25.1 Å². The van der Waals surface area contributed by atoms with Crippen LogP contribution in [0.15, 0.2) is 42.5 Å². The van der Waals surface area contributed by atoms with Gasteiger partial charge in [-0.2, -0.15) is 5.10 Å². The lowest BCUT2D eigenvalue weighted by Crippen LogP contribution is -2.44. The fourth-order valence-electron chi connectivity index (χ4n) is 3.84. The summed E-state index contributed by atoms with van der Waals surface area (Å²) in [6.45, 7) is 7.82. The van der Waals surface area contributed by atoms with E-state index in [9.17, 15) is 9.18 Å². The number of piperazine rings is 1. The number of hydrogen-bond donors (Lipinski definition) is 1. The van der Waals surface area contributed by atoms with Crippen molar-refractivity contribution < 1.29 is 9.18 Å². The van der Waals surface area contributed by atoms with Crippen LogP contribution in [0.4, 0.5) is 15.8 Å². The van der Waals surface area contributed by atoms with Crippen LogP contribution in [-0.4, -0.2) is 53.8 Å². The van der Waals surface area contributed by atoms with E-state index in [1.165, 1.54) is 22.5 Å². The van der Waals surface area contributed by atoms with Crippen molar-refractivity contribution in [3.63, 3.8) is 0 Å². The first-order valence-electron chi connectivity index (χ1n) is 10.2. The number of nitrogens with zero attached hydrogens (tertiary/aromatic N) is 4. The molecule has 4 rings (SSSR count). The summed E-state index contributed by atoms with van der Waals surface area (Å²) in [4.78, 5) is 17.7. The molecule has 31 heavy (non-hydrogen) atoms. The van der Waals surface area contributed by atoms with Crippen LogP contribution in [0.5, 0.6) is 0 Å². The number of nitrogens with one attached hydrogen (secondary N) is 1. The van der Waals surface area contributed by atoms with Crippen LogP contribution in [0.2, 0.25) is 5.15 Å². The second-order valence-electron chi connectivity index (χ2n) is 7.89. The molecule has 162 valence electrons. The highest BCUT2D eigenvalue weighted by Crippen LogP contribution is 2.27. The highest BCUT2D eigenvalue weighted by atomic mass is 35.5. The van der Waals surface area contributed by atoms with Gasteiger partial charge in [-0.25, -0.2) is 9.07 Å². The number of aryl methyl sites for hydroxylation is 2. The third kappa shape index (κ3) is 4.43. The van der Waals surface area contributed by atoms with Gasteiger partial charge >= 0.3 is 0 Å². The largest absolute Gasteiger partial charge is 0.369 e. The first-order chi connectivity index (χ1) is 14.8. The molecule has 1 saturated heterocycles. The predicted molar refractivity (Wildman–Crippen MR) is 122 cm³/mol. The Morgan fingerprint density at radius 1 is 1.06 bits per heavy atom. The molecule has 1 fully saturated rings. The van der Waals surface area contributed by atoms with E-state index >= 15 is 0 Å². The molecule has 0 spiro atoms. The molecule has 0 unspecified atom stereocenters. The Morgan fingerprint density at radius 3 is 2.39 bits per heavy atom. The number of anilines is 2. The lowest BCUT2D eigenvalue weighted by atomic mass is 10.1. The maximum Gasteiger partial charge on any atom is 0.260 e. The van der Waals surface area contributed by atoms with Crippen molar-refractivity contribution >= 4 is 28.9 Å². The summed E-state index contributed by atoms with van der Waals surface area (Å²) in [5.74, 6) is -0.681. The van der Waals surface area contributed by atoms with Crippen molar-refractivity contribution in [2.45, 2.75) is 13.8 Å². The molecule has 1 N–H and O–H groups in total. The van der Waals surface area contributed by atoms with Crippen LogP contribution in [0, 0.1) is 19.7 Å². The first kappa shape index (κ1) is 21.3. The number of aromatic nitrogens is 2. The Bertz CT molecular complexity index is 1100. The Hall–Kier alpha value is -2.90. The maximum absolute atomic E-state index is 13.2. The number of amides is 1. The molecule has 0 bridgehead atoms. The standard InChI is InChI=1S/C23H25ClFN5O/c1-15-14-18(6-9-20(15)29-12-10-28(3)11-13-29)26-23(31)21-16(2)27-30(22(21)24)19-7-4-17(25)5-8-19/h4-9,14H,10-13H2,1-3H3,(H,26,31). The molecule has 8 heteroatoms. The van der Waals surface area contributed by atoms with E-state index in [0.717, 1.165) is 31.7 Å². The number of halogens is 2. The molecule has 1 amide bonds. The van der Waals surface area contributed by atoms with Crippen LogP contribution >= 0.6 is 11.6 Å². The first-order valence-corrected chi connectivity index (χ1v) is 10.6. The van der Waals surface area contributed by atoms with Gasteiger partial charge in [-0.05, 0) is 68.9 Å². The number of benzene rings is 2. The van der Waals surface area contributed by atoms with E-state index in [4.69, 9.17) is 11.6 Å². The van der Waals surface area contributed by atoms with E-state index in [0.29, 0.717) is 22.6 Å². The van der Waals surface area contributed by atoms with Gasteiger partial charge in [0.05, 0.1) is 11.4 Å². The average molecular weight is 442 g/mol. The van der Waals surface area contributed by atoms with Crippen molar-refractivity contribution in [3.8, 4) is 5.69 Å². The summed E-state index contributed by atoms with van der Waals surface area (Å²) in [7, 11) is 2.13. The maximum atomic E-state index is 13.2. The minimum Gasteiger partial charge on any atom is -0.369 e. The molecule has 0 saturated carbocycles. The fraction of sp³-hybridized carbons (Fsp3) is 0.304. The zero-order chi connectivity index (χ0) is 22.1. The summed E-state index contributed by atoms with van der Waals surface area (Å²) in [5, 5.41) is 7.48. The zero-order valence-electron chi connectivity index (χ0n) is 17.8. The molecule has 3 aromatic rings. The second-order valence-corrected chi connectivity index (χ2v) is 8.24. The number of carbonyl (C=O) groups excluding carboxylic acids is 1. The van der Waals surface area contributed by atoms with Crippen LogP contribution in [0.3, 0.4) is 0 Å². The lowest BCUT2D eigenvalue weighted by molar-refractivity contribution is 0.102. The molecule has 1 aromatic heterocycles. The molecule has 0 aliphatic carbocycles. The quantitative estimate of drug-likeness (QED) is 0.656. The van der Waals surface area contributed by atoms with E-state index in [-0.39, 0.29) is 16.9 Å². The smallest absolute Gasteiger partial charge is 0.260 e. The molecular weight excluding hydrogens is 417 g/mol. The third-order valence-electron chi connectivity index (χ3n) is 5.60. The van der Waals surface area contributed by atoms with Crippen molar-refractivity contribution in [2.75, 3.05) is 43.4 Å². The van der Waals surface area contributed by atoms with Gasteiger partial charge < -0.3 is 15.1 Å². The fourth-order valence-corrected chi connectivity index (χ4v) is 4.20. The Kier molecular flexibility index (Phi) is 5.98. The van der Waals surface area contributed by atoms with Gasteiger partial charge in [0.15, 0.2) is 0 Å². The van der Waals surface area contributed by atoms with Gasteiger partial charge in [0.2, 0.25) is 0 Å². The number of hydrogen-bond acceptors (Lipinski definition) is 4. The third-order valence-corrected chi connectivity index (χ3v) is 5.95. The summed E-state index contributed by atoms with van der Waals surface area (Å²) in [6, 6.07) is 11.7. The topological polar surface area (TPSA) is 53.4 Å². The van der Waals surface area contributed by atoms with Crippen LogP contribution in [0.1, 0.15) is 21.6 Å². The van der Waals surface area contributed by atoms with Crippen LogP contribution in [0.25, 0.3) is 5.69 Å². The van der Waals surface area contributed by atoms with Crippen molar-refractivity contribution in [1.82, 2.24) is 14.7 Å². The van der Waals surface area contributed by atoms with Gasteiger partial charge in [-0.15, -0.1) is 0 Å². The molecule has 0 radical (unpaired) electrons. The highest BCUT2D eigenvalue weighted by Gasteiger charge is 2.22. The minimum atomic E-state index is -0.350. The molecular formula is C23H25ClFN5O. The SMILES string of the molecule is Cc1cc(NC(=O)c2c(C)nn(-c3ccc(F)cc3)c2Cl)ccc1N1CCN(C)CC1. The Balaban J connectivity index is 1.53. The monoisotopic (exact) mass is 441 g/mol. The highest BCUT2D eigenvalue weighted by molar-refractivity contribution is 6.34. The molecule has 2 aromatic carbocycles. The molecule has 6 nitrogen and oxygen atoms in total. The average Bonchev–Trinajstić information content (AvgIpc) is 3.03. The van der Waals surface area contributed by atoms with E-state index < -0.39 is 0 Å². The number of carbonyl (C=O) groups is 1. The number of rotatable bonds is 4. The van der Waals surface area contributed by atoms with Crippen molar-refractivity contribution in [3.05, 3.63) is 70.3 Å². The summed E-state index contributed by atoms with van der Waals surface area (Å²) in [6.07, 6.45) is 0. The minimum absolute atomic E-state index is 0.187. The molecule has 1 aliphatic rings. The predicted octanol–water partition coefficient (Wildman–Crippen LogP) is 4.29. The second kappa shape index (κ2) is 8.69. The summed E-state index contributed by atoms with van der Waals surface area (Å²) < 4.78 is 14.7. The summed E-state index contributed by atoms with van der Waals surface area (Å²) in [5.41, 5.74) is 4.37. The van der Waals surface area contributed by atoms with Crippen molar-refractivity contribution in [1.29, 1.82) is 0 Å². The lowest BCUT2D eigenvalue weighted by Gasteiger charge is -2.35. The van der Waals surface area contributed by atoms with Crippen molar-refractivity contribution in [2.24, 2.45) is 0 Å². The van der Waals surface area contributed by atoms with Crippen LogP contribution < -0.4 is 10.2 Å². The van der Waals surface area contributed by atoms with Gasteiger partial charge in [0.1, 0.15) is 16.5 Å². The van der Waals surface area contributed by atoms with Gasteiger partial charge in [-0.1, -0.05) is 11.6 Å². The number of likely N-dealkylation sites (N-methyl/N-ethyl adjacent to an activating group) is 1. The van der Waals surface area contributed by atoms with Gasteiger partial charge in [0.25, 0.3) is 5.91 Å². The normalized spacial score (nSPS) is 14.7. The van der Waals surface area contributed by atoms with Gasteiger partial charge in [0, 0.05) is 37.6 Å². The van der Waals surface area contributed by atoms with E-state index in [1.54, 1.807) is 19.1 Å². The van der Waals surface area contributed by atoms with Gasteiger partial charge in [-0.3, -0.25) is 4.79 Å². The van der Waals surface area contributed by atoms with E-state index in [2.05, 4.69) is 27.3 Å². The summed E-state index contributed by atoms with van der Waals surface area (Å²) >= 11 is 6.47. The Morgan fingerprint density at radius 2 is 1.74 bits per heavy atom. The van der Waals surface area contributed by atoms with Crippen LogP contribution in [-0.2, 0) is 0 Å². The zero-order valence-corrected chi connectivity index (χ0v) is 18.6. The Labute approximate surface area is 186 Å². The molecule has 2 heterocycles.